The fraction of sp³-hybridized carbons (Fsp3) is 0.500. The minimum Gasteiger partial charge on any atom is -0.389 e. The number of H-pyrrole nitrogens is 1. The number of halogens is 1. The molecule has 1 aromatic rings. The van der Waals surface area contributed by atoms with Crippen LogP contribution < -0.4 is 10.9 Å². The van der Waals surface area contributed by atoms with Crippen molar-refractivity contribution in [3.05, 3.63) is 21.2 Å². The summed E-state index contributed by atoms with van der Waals surface area (Å²) in [4.78, 5) is 17.5. The van der Waals surface area contributed by atoms with Gasteiger partial charge in [0.25, 0.3) is 5.56 Å². The quantitative estimate of drug-likeness (QED) is 0.703. The molecule has 7 heteroatoms. The highest BCUT2D eigenvalue weighted by molar-refractivity contribution is 9.10. The Labute approximate surface area is 94.8 Å². The molecule has 1 atom stereocenters. The van der Waals surface area contributed by atoms with Crippen LogP contribution in [0.3, 0.4) is 0 Å². The van der Waals surface area contributed by atoms with Gasteiger partial charge in [-0.1, -0.05) is 0 Å². The molecule has 0 radical (unpaired) electrons. The number of methoxy groups -OCH3 is 1. The van der Waals surface area contributed by atoms with E-state index in [4.69, 9.17) is 4.74 Å². The number of nitrogens with zero attached hydrogens (tertiary/aromatic N) is 1. The average molecular weight is 278 g/mol. The van der Waals surface area contributed by atoms with Gasteiger partial charge in [-0.2, -0.15) is 0 Å². The smallest absolute Gasteiger partial charge is 0.267 e. The fourth-order valence-electron chi connectivity index (χ4n) is 0.972. The highest BCUT2D eigenvalue weighted by atomic mass is 79.9. The number of aromatic nitrogens is 2. The van der Waals surface area contributed by atoms with Crippen molar-refractivity contribution in [3.63, 3.8) is 0 Å². The van der Waals surface area contributed by atoms with E-state index in [1.54, 1.807) is 0 Å². The van der Waals surface area contributed by atoms with Crippen molar-refractivity contribution in [2.24, 2.45) is 0 Å². The molecule has 84 valence electrons. The average Bonchev–Trinajstić information content (AvgIpc) is 2.21. The molecular formula is C8H12BrN3O3. The second-order valence-corrected chi connectivity index (χ2v) is 3.68. The minimum atomic E-state index is -0.636. The summed E-state index contributed by atoms with van der Waals surface area (Å²) < 4.78 is 5.07. The number of aliphatic hydroxyl groups is 1. The number of hydrogen-bond donors (Lipinski definition) is 3. The van der Waals surface area contributed by atoms with E-state index < -0.39 is 6.10 Å². The first-order chi connectivity index (χ1) is 7.15. The van der Waals surface area contributed by atoms with Crippen LogP contribution in [0.1, 0.15) is 0 Å². The van der Waals surface area contributed by atoms with Gasteiger partial charge in [0.15, 0.2) is 0 Å². The summed E-state index contributed by atoms with van der Waals surface area (Å²) in [5.41, 5.74) is -0.270. The van der Waals surface area contributed by atoms with Gasteiger partial charge in [-0.25, -0.2) is 4.98 Å². The number of hydrogen-bond acceptors (Lipinski definition) is 5. The summed E-state index contributed by atoms with van der Waals surface area (Å²) >= 11 is 3.09. The predicted octanol–water partition coefficient (Wildman–Crippen LogP) is -0.0484. The molecule has 0 saturated carbocycles. The normalized spacial score (nSPS) is 12.5. The third kappa shape index (κ3) is 3.61. The highest BCUT2D eigenvalue weighted by Gasteiger charge is 2.07. The van der Waals surface area contributed by atoms with Gasteiger partial charge in [0.1, 0.15) is 10.3 Å². The number of aromatic amines is 1. The van der Waals surface area contributed by atoms with Crippen LogP contribution in [0.4, 0.5) is 5.82 Å². The molecule has 1 heterocycles. The molecular weight excluding hydrogens is 266 g/mol. The van der Waals surface area contributed by atoms with E-state index in [0.29, 0.717) is 10.3 Å². The number of nitrogens with one attached hydrogen (secondary N) is 2. The largest absolute Gasteiger partial charge is 0.389 e. The zero-order chi connectivity index (χ0) is 11.3. The number of rotatable bonds is 5. The zero-order valence-corrected chi connectivity index (χ0v) is 9.74. The molecule has 3 N–H and O–H groups in total. The maximum Gasteiger partial charge on any atom is 0.267 e. The Morgan fingerprint density at radius 2 is 2.53 bits per heavy atom. The van der Waals surface area contributed by atoms with E-state index in [-0.39, 0.29) is 18.7 Å². The van der Waals surface area contributed by atoms with Crippen LogP contribution in [-0.2, 0) is 4.74 Å². The lowest BCUT2D eigenvalue weighted by Gasteiger charge is -2.11. The maximum atomic E-state index is 11.1. The summed E-state index contributed by atoms with van der Waals surface area (Å²) in [6.45, 7) is 0.497. The van der Waals surface area contributed by atoms with Gasteiger partial charge in [-0.15, -0.1) is 0 Å². The summed E-state index contributed by atoms with van der Waals surface area (Å²) in [5.74, 6) is 0.397. The molecule has 1 rings (SSSR count). The molecule has 0 aliphatic carbocycles. The summed E-state index contributed by atoms with van der Waals surface area (Å²) in [6, 6.07) is 0. The molecule has 6 nitrogen and oxygen atoms in total. The molecule has 0 spiro atoms. The molecule has 0 amide bonds. The van der Waals surface area contributed by atoms with E-state index in [9.17, 15) is 9.90 Å². The van der Waals surface area contributed by atoms with Crippen LogP contribution >= 0.6 is 15.9 Å². The third-order valence-corrected chi connectivity index (χ3v) is 2.40. The monoisotopic (exact) mass is 277 g/mol. The predicted molar refractivity (Wildman–Crippen MR) is 58.9 cm³/mol. The van der Waals surface area contributed by atoms with Crippen LogP contribution in [0, 0.1) is 0 Å². The molecule has 0 fully saturated rings. The number of anilines is 1. The first-order valence-corrected chi connectivity index (χ1v) is 5.08. The van der Waals surface area contributed by atoms with E-state index in [0.717, 1.165) is 0 Å². The van der Waals surface area contributed by atoms with Gasteiger partial charge in [0, 0.05) is 13.7 Å². The molecule has 1 unspecified atom stereocenters. The van der Waals surface area contributed by atoms with Crippen LogP contribution in [0.15, 0.2) is 15.6 Å². The Bertz CT molecular complexity index is 368. The van der Waals surface area contributed by atoms with E-state index in [1.165, 1.54) is 13.4 Å². The second-order valence-electron chi connectivity index (χ2n) is 2.88. The summed E-state index contributed by atoms with van der Waals surface area (Å²) in [5, 5.41) is 12.2. The second kappa shape index (κ2) is 5.84. The Balaban J connectivity index is 2.58. The topological polar surface area (TPSA) is 87.2 Å². The van der Waals surface area contributed by atoms with Crippen molar-refractivity contribution in [1.29, 1.82) is 0 Å². The first-order valence-electron chi connectivity index (χ1n) is 4.29. The summed E-state index contributed by atoms with van der Waals surface area (Å²) in [6.07, 6.45) is 0.654. The van der Waals surface area contributed by atoms with Crippen molar-refractivity contribution in [2.45, 2.75) is 6.10 Å². The Morgan fingerprint density at radius 1 is 1.80 bits per heavy atom. The maximum absolute atomic E-state index is 11.1. The van der Waals surface area contributed by atoms with Gasteiger partial charge in [-0.3, -0.25) is 4.79 Å². The van der Waals surface area contributed by atoms with Gasteiger partial charge in [-0.05, 0) is 15.9 Å². The Kier molecular flexibility index (Phi) is 4.73. The lowest BCUT2D eigenvalue weighted by atomic mass is 10.4. The van der Waals surface area contributed by atoms with Crippen molar-refractivity contribution in [1.82, 2.24) is 9.97 Å². The van der Waals surface area contributed by atoms with Crippen molar-refractivity contribution >= 4 is 21.7 Å². The Hall–Kier alpha value is -0.920. The molecule has 1 aromatic heterocycles. The lowest BCUT2D eigenvalue weighted by molar-refractivity contribution is 0.0727. The number of aliphatic hydroxyl groups excluding tert-OH is 1. The van der Waals surface area contributed by atoms with Crippen LogP contribution in [0.2, 0.25) is 0 Å². The highest BCUT2D eigenvalue weighted by Crippen LogP contribution is 2.12. The minimum absolute atomic E-state index is 0.230. The third-order valence-electron chi connectivity index (χ3n) is 1.66. The van der Waals surface area contributed by atoms with Crippen LogP contribution in [0.5, 0.6) is 0 Å². The van der Waals surface area contributed by atoms with Crippen molar-refractivity contribution in [3.8, 4) is 0 Å². The molecule has 0 aliphatic heterocycles. The molecule has 15 heavy (non-hydrogen) atoms. The van der Waals surface area contributed by atoms with Gasteiger partial charge < -0.3 is 20.1 Å². The molecule has 0 aliphatic rings. The van der Waals surface area contributed by atoms with Gasteiger partial charge in [0.05, 0.1) is 19.0 Å². The standard InChI is InChI=1S/C8H12BrN3O3/c1-15-3-5(13)2-10-7-6(9)8(14)12-4-11-7/h4-5,13H,2-3H2,1H3,(H2,10,11,12,14). The van der Waals surface area contributed by atoms with Gasteiger partial charge in [0.2, 0.25) is 0 Å². The molecule has 0 bridgehead atoms. The Morgan fingerprint density at radius 3 is 3.20 bits per heavy atom. The number of ether oxygens (including phenoxy) is 1. The molecule has 0 saturated heterocycles. The SMILES string of the molecule is COCC(O)CNc1nc[nH]c(=O)c1Br. The van der Waals surface area contributed by atoms with Crippen molar-refractivity contribution < 1.29 is 9.84 Å². The molecule has 0 aromatic carbocycles. The van der Waals surface area contributed by atoms with E-state index >= 15 is 0 Å². The van der Waals surface area contributed by atoms with E-state index in [2.05, 4.69) is 31.2 Å². The fourth-order valence-corrected chi connectivity index (χ4v) is 1.33. The van der Waals surface area contributed by atoms with Crippen LogP contribution in [-0.4, -0.2) is 41.4 Å². The lowest BCUT2D eigenvalue weighted by Crippen LogP contribution is -2.25. The summed E-state index contributed by atoms with van der Waals surface area (Å²) in [7, 11) is 1.50. The first kappa shape index (κ1) is 12.2. The zero-order valence-electron chi connectivity index (χ0n) is 8.16. The van der Waals surface area contributed by atoms with Crippen LogP contribution in [0.25, 0.3) is 0 Å². The van der Waals surface area contributed by atoms with Gasteiger partial charge >= 0.3 is 0 Å². The van der Waals surface area contributed by atoms with Crippen molar-refractivity contribution in [2.75, 3.05) is 25.6 Å². The van der Waals surface area contributed by atoms with E-state index in [1.807, 2.05) is 0 Å².